The highest BCUT2D eigenvalue weighted by atomic mass is 32.2. The fourth-order valence-electron chi connectivity index (χ4n) is 2.58. The molecule has 2 aromatic rings. The van der Waals surface area contributed by atoms with Crippen LogP contribution in [0.25, 0.3) is 0 Å². The van der Waals surface area contributed by atoms with Gasteiger partial charge >= 0.3 is 0 Å². The summed E-state index contributed by atoms with van der Waals surface area (Å²) >= 11 is 1.18. The number of aryl methyl sites for hydroxylation is 2. The zero-order valence-corrected chi connectivity index (χ0v) is 17.4. The number of nitrogens with zero attached hydrogens (tertiary/aromatic N) is 2. The second-order valence-electron chi connectivity index (χ2n) is 6.66. The number of hydrogen-bond donors (Lipinski definition) is 2. The molecule has 0 aliphatic carbocycles. The number of anilines is 1. The zero-order chi connectivity index (χ0) is 20.7. The molecular weight excluding hydrogens is 376 g/mol. The summed E-state index contributed by atoms with van der Waals surface area (Å²) in [6.45, 7) is 5.65. The summed E-state index contributed by atoms with van der Waals surface area (Å²) in [5.74, 6) is -0.485. The molecule has 7 nitrogen and oxygen atoms in total. The normalized spacial score (nSPS) is 11.7. The van der Waals surface area contributed by atoms with Gasteiger partial charge in [-0.05, 0) is 32.4 Å². The van der Waals surface area contributed by atoms with E-state index in [1.54, 1.807) is 14.0 Å². The van der Waals surface area contributed by atoms with Gasteiger partial charge in [-0.25, -0.2) is 4.98 Å². The van der Waals surface area contributed by atoms with Crippen LogP contribution in [0.4, 0.5) is 5.69 Å². The molecule has 1 aromatic carbocycles. The van der Waals surface area contributed by atoms with Crippen LogP contribution in [0.3, 0.4) is 0 Å². The van der Waals surface area contributed by atoms with E-state index >= 15 is 0 Å². The van der Waals surface area contributed by atoms with Crippen molar-refractivity contribution in [2.24, 2.45) is 0 Å². The van der Waals surface area contributed by atoms with Crippen molar-refractivity contribution in [3.05, 3.63) is 51.9 Å². The van der Waals surface area contributed by atoms with Crippen molar-refractivity contribution < 1.29 is 9.59 Å². The molecule has 0 saturated carbocycles. The highest BCUT2D eigenvalue weighted by Gasteiger charge is 2.21. The number of benzene rings is 1. The van der Waals surface area contributed by atoms with E-state index in [4.69, 9.17) is 0 Å². The van der Waals surface area contributed by atoms with Gasteiger partial charge in [-0.15, -0.1) is 0 Å². The van der Waals surface area contributed by atoms with Crippen LogP contribution in [0.15, 0.2) is 40.3 Å². The van der Waals surface area contributed by atoms with Gasteiger partial charge in [0, 0.05) is 24.5 Å². The monoisotopic (exact) mass is 402 g/mol. The Balaban J connectivity index is 1.93. The minimum atomic E-state index is -0.489. The largest absolute Gasteiger partial charge is 0.335 e. The third kappa shape index (κ3) is 6.53. The molecule has 1 atom stereocenters. The average molecular weight is 403 g/mol. The van der Waals surface area contributed by atoms with E-state index in [-0.39, 0.29) is 23.9 Å². The molecule has 0 bridgehead atoms. The topological polar surface area (TPSA) is 95.2 Å². The van der Waals surface area contributed by atoms with Crippen LogP contribution in [0.2, 0.25) is 0 Å². The lowest BCUT2D eigenvalue weighted by atomic mass is 10.2. The van der Waals surface area contributed by atoms with Crippen molar-refractivity contribution in [1.29, 1.82) is 0 Å². The molecule has 0 radical (unpaired) electrons. The molecule has 2 amide bonds. The zero-order valence-electron chi connectivity index (χ0n) is 16.6. The van der Waals surface area contributed by atoms with Crippen LogP contribution in [0.5, 0.6) is 0 Å². The second kappa shape index (κ2) is 10.1. The Morgan fingerprint density at radius 3 is 2.61 bits per heavy atom. The summed E-state index contributed by atoms with van der Waals surface area (Å²) in [4.78, 5) is 44.9. The van der Waals surface area contributed by atoms with Crippen molar-refractivity contribution in [3.8, 4) is 0 Å². The third-order valence-corrected chi connectivity index (χ3v) is 4.98. The summed E-state index contributed by atoms with van der Waals surface area (Å²) in [5.41, 5.74) is 2.27. The molecule has 1 aromatic heterocycles. The van der Waals surface area contributed by atoms with Crippen molar-refractivity contribution in [3.63, 3.8) is 0 Å². The van der Waals surface area contributed by atoms with E-state index in [0.717, 1.165) is 12.0 Å². The Morgan fingerprint density at radius 2 is 1.96 bits per heavy atom. The molecule has 150 valence electrons. The predicted molar refractivity (Wildman–Crippen MR) is 112 cm³/mol. The molecule has 0 saturated heterocycles. The van der Waals surface area contributed by atoms with E-state index in [1.807, 2.05) is 38.1 Å². The first-order chi connectivity index (χ1) is 13.3. The number of thioether (sulfide) groups is 1. The molecule has 1 heterocycles. The number of carbonyl (C=O) groups is 2. The van der Waals surface area contributed by atoms with Crippen LogP contribution in [-0.4, -0.2) is 45.5 Å². The van der Waals surface area contributed by atoms with Gasteiger partial charge in [0.2, 0.25) is 11.8 Å². The van der Waals surface area contributed by atoms with Crippen LogP contribution in [0, 0.1) is 6.92 Å². The highest BCUT2D eigenvalue weighted by molar-refractivity contribution is 8.00. The average Bonchev–Trinajstić information content (AvgIpc) is 2.62. The number of hydrogen-bond acceptors (Lipinski definition) is 5. The molecule has 0 aliphatic rings. The van der Waals surface area contributed by atoms with Crippen LogP contribution in [-0.2, 0) is 16.0 Å². The lowest BCUT2D eigenvalue weighted by molar-refractivity contribution is -0.132. The summed E-state index contributed by atoms with van der Waals surface area (Å²) in [6.07, 6.45) is 1.59. The molecular formula is C20H26N4O3S. The van der Waals surface area contributed by atoms with Crippen LogP contribution < -0.4 is 10.9 Å². The van der Waals surface area contributed by atoms with E-state index in [1.165, 1.54) is 22.7 Å². The molecule has 0 unspecified atom stereocenters. The first-order valence-electron chi connectivity index (χ1n) is 9.17. The number of amides is 2. The fourth-order valence-corrected chi connectivity index (χ4v) is 3.53. The number of carbonyl (C=O) groups excluding carboxylic acids is 2. The Morgan fingerprint density at radius 1 is 1.29 bits per heavy atom. The molecule has 0 aliphatic heterocycles. The van der Waals surface area contributed by atoms with Crippen molar-refractivity contribution >= 4 is 29.3 Å². The number of rotatable bonds is 8. The third-order valence-electron chi connectivity index (χ3n) is 4.01. The lowest BCUT2D eigenvalue weighted by Gasteiger charge is -2.20. The standard InChI is InChI=1S/C20H26N4O3S/c1-5-6-16-11-17(25)23-20(22-16)28-14(3)19(27)24(4)12-18(26)21-15-9-7-13(2)8-10-15/h7-11,14H,5-6,12H2,1-4H3,(H,21,26)(H,22,23,25)/t14-/m1/s1. The van der Waals surface area contributed by atoms with Gasteiger partial charge in [0.1, 0.15) is 0 Å². The number of aromatic nitrogens is 2. The summed E-state index contributed by atoms with van der Waals surface area (Å²) in [5, 5.41) is 2.70. The lowest BCUT2D eigenvalue weighted by Crippen LogP contribution is -2.39. The molecule has 28 heavy (non-hydrogen) atoms. The smallest absolute Gasteiger partial charge is 0.251 e. The molecule has 2 rings (SSSR count). The fraction of sp³-hybridized carbons (Fsp3) is 0.400. The SMILES string of the molecule is CCCc1cc(=O)[nH]c(S[C@H](C)C(=O)N(C)CC(=O)Nc2ccc(C)cc2)n1. The van der Waals surface area contributed by atoms with Gasteiger partial charge in [0.25, 0.3) is 5.56 Å². The number of aromatic amines is 1. The summed E-state index contributed by atoms with van der Waals surface area (Å²) in [7, 11) is 1.58. The van der Waals surface area contributed by atoms with E-state index in [0.29, 0.717) is 23.0 Å². The maximum atomic E-state index is 12.6. The van der Waals surface area contributed by atoms with Crippen LogP contribution in [0.1, 0.15) is 31.5 Å². The summed E-state index contributed by atoms with van der Waals surface area (Å²) in [6, 6.07) is 8.92. The predicted octanol–water partition coefficient (Wildman–Crippen LogP) is 2.61. The van der Waals surface area contributed by atoms with Gasteiger partial charge in [-0.2, -0.15) is 0 Å². The Hall–Kier alpha value is -2.61. The van der Waals surface area contributed by atoms with Gasteiger partial charge in [0.15, 0.2) is 5.16 Å². The number of nitrogens with one attached hydrogen (secondary N) is 2. The quantitative estimate of drug-likeness (QED) is 0.523. The highest BCUT2D eigenvalue weighted by Crippen LogP contribution is 2.20. The minimum Gasteiger partial charge on any atom is -0.335 e. The molecule has 8 heteroatoms. The van der Waals surface area contributed by atoms with Gasteiger partial charge < -0.3 is 15.2 Å². The van der Waals surface area contributed by atoms with E-state index in [2.05, 4.69) is 15.3 Å². The van der Waals surface area contributed by atoms with Gasteiger partial charge in [-0.1, -0.05) is 42.8 Å². The van der Waals surface area contributed by atoms with E-state index in [9.17, 15) is 14.4 Å². The maximum Gasteiger partial charge on any atom is 0.251 e. The van der Waals surface area contributed by atoms with Crippen LogP contribution >= 0.6 is 11.8 Å². The molecule has 0 spiro atoms. The Bertz CT molecular complexity index is 880. The molecule has 0 fully saturated rings. The minimum absolute atomic E-state index is 0.0581. The Kier molecular flexibility index (Phi) is 7.80. The van der Waals surface area contributed by atoms with E-state index < -0.39 is 5.25 Å². The Labute approximate surface area is 168 Å². The number of H-pyrrole nitrogens is 1. The van der Waals surface area contributed by atoms with Gasteiger partial charge in [0.05, 0.1) is 11.8 Å². The second-order valence-corrected chi connectivity index (χ2v) is 7.99. The van der Waals surface area contributed by atoms with Crippen molar-refractivity contribution in [2.75, 3.05) is 18.9 Å². The molecule has 2 N–H and O–H groups in total. The van der Waals surface area contributed by atoms with Crippen molar-refractivity contribution in [2.45, 2.75) is 44.0 Å². The first-order valence-corrected chi connectivity index (χ1v) is 10.0. The summed E-state index contributed by atoms with van der Waals surface area (Å²) < 4.78 is 0. The maximum absolute atomic E-state index is 12.6. The first kappa shape index (κ1) is 21.7. The number of likely N-dealkylation sites (N-methyl/N-ethyl adjacent to an activating group) is 1. The van der Waals surface area contributed by atoms with Gasteiger partial charge in [-0.3, -0.25) is 14.4 Å². The van der Waals surface area contributed by atoms with Crippen molar-refractivity contribution in [1.82, 2.24) is 14.9 Å².